The average molecular weight is 249 g/mol. The number of piperazine rings is 1. The van der Waals surface area contributed by atoms with E-state index in [1.54, 1.807) is 16.7 Å². The minimum absolute atomic E-state index is 0.0225. The molecule has 0 unspecified atom stereocenters. The second-order valence-corrected chi connectivity index (χ2v) is 5.20. The van der Waals surface area contributed by atoms with Crippen LogP contribution in [0.15, 0.2) is 0 Å². The number of carbonyl (C=O) groups is 2. The van der Waals surface area contributed by atoms with Crippen molar-refractivity contribution in [1.82, 2.24) is 9.80 Å². The number of nitriles is 1. The van der Waals surface area contributed by atoms with Crippen molar-refractivity contribution >= 4 is 11.8 Å². The summed E-state index contributed by atoms with van der Waals surface area (Å²) in [6, 6.07) is 2.24. The number of hydrogen-bond acceptors (Lipinski definition) is 3. The summed E-state index contributed by atoms with van der Waals surface area (Å²) in [5, 5.41) is 9.30. The normalized spacial score (nSPS) is 22.7. The molecule has 5 nitrogen and oxygen atoms in total. The first-order valence-electron chi connectivity index (χ1n) is 6.55. The molecular weight excluding hydrogens is 230 g/mol. The molecule has 5 heteroatoms. The summed E-state index contributed by atoms with van der Waals surface area (Å²) in [6.07, 6.45) is 3.31. The molecule has 0 radical (unpaired) electrons. The average Bonchev–Trinajstić information content (AvgIpc) is 2.88. The Balaban J connectivity index is 1.99. The molecular formula is C13H19N3O2. The van der Waals surface area contributed by atoms with Gasteiger partial charge in [0.05, 0.1) is 6.07 Å². The fraction of sp³-hybridized carbons (Fsp3) is 0.769. The topological polar surface area (TPSA) is 64.4 Å². The van der Waals surface area contributed by atoms with Gasteiger partial charge in [0.1, 0.15) is 5.41 Å². The molecule has 1 saturated carbocycles. The summed E-state index contributed by atoms with van der Waals surface area (Å²) < 4.78 is 0. The van der Waals surface area contributed by atoms with E-state index in [2.05, 4.69) is 6.07 Å². The van der Waals surface area contributed by atoms with E-state index in [0.717, 1.165) is 12.8 Å². The van der Waals surface area contributed by atoms with Crippen LogP contribution in [0.2, 0.25) is 0 Å². The fourth-order valence-electron chi connectivity index (χ4n) is 2.88. The molecule has 0 bridgehead atoms. The van der Waals surface area contributed by atoms with Crippen LogP contribution in [0.3, 0.4) is 0 Å². The van der Waals surface area contributed by atoms with Gasteiger partial charge in [-0.15, -0.1) is 0 Å². The van der Waals surface area contributed by atoms with Crippen LogP contribution in [0, 0.1) is 16.7 Å². The summed E-state index contributed by atoms with van der Waals surface area (Å²) in [5.74, 6) is 0.0312. The highest BCUT2D eigenvalue weighted by Gasteiger charge is 2.44. The smallest absolute Gasteiger partial charge is 0.243 e. The molecule has 1 aliphatic heterocycles. The zero-order chi connectivity index (χ0) is 13.2. The Morgan fingerprint density at radius 3 is 2.00 bits per heavy atom. The largest absolute Gasteiger partial charge is 0.339 e. The summed E-state index contributed by atoms with van der Waals surface area (Å²) in [6.45, 7) is 3.83. The first-order valence-corrected chi connectivity index (χ1v) is 6.55. The highest BCUT2D eigenvalue weighted by atomic mass is 16.2. The highest BCUT2D eigenvalue weighted by Crippen LogP contribution is 2.39. The Bertz CT molecular complexity index is 386. The van der Waals surface area contributed by atoms with Crippen LogP contribution in [0.5, 0.6) is 0 Å². The van der Waals surface area contributed by atoms with Crippen LogP contribution in [-0.4, -0.2) is 47.8 Å². The molecule has 2 aliphatic rings. The number of nitrogens with zero attached hydrogens (tertiary/aromatic N) is 3. The molecule has 0 aromatic heterocycles. The van der Waals surface area contributed by atoms with E-state index in [1.807, 2.05) is 0 Å². The van der Waals surface area contributed by atoms with Gasteiger partial charge in [0, 0.05) is 33.1 Å². The summed E-state index contributed by atoms with van der Waals surface area (Å²) in [7, 11) is 0. The van der Waals surface area contributed by atoms with Gasteiger partial charge in [0.2, 0.25) is 11.8 Å². The van der Waals surface area contributed by atoms with Crippen molar-refractivity contribution < 1.29 is 9.59 Å². The van der Waals surface area contributed by atoms with Crippen molar-refractivity contribution in [3.8, 4) is 6.07 Å². The molecule has 0 spiro atoms. The van der Waals surface area contributed by atoms with Crippen LogP contribution in [0.1, 0.15) is 32.6 Å². The number of rotatable bonds is 1. The number of hydrogen-bond donors (Lipinski definition) is 0. The van der Waals surface area contributed by atoms with Crippen molar-refractivity contribution in [1.29, 1.82) is 5.26 Å². The van der Waals surface area contributed by atoms with Crippen molar-refractivity contribution in [2.75, 3.05) is 26.2 Å². The molecule has 18 heavy (non-hydrogen) atoms. The van der Waals surface area contributed by atoms with Crippen molar-refractivity contribution in [3.63, 3.8) is 0 Å². The van der Waals surface area contributed by atoms with Crippen molar-refractivity contribution in [2.45, 2.75) is 32.6 Å². The van der Waals surface area contributed by atoms with Crippen LogP contribution in [0.4, 0.5) is 0 Å². The van der Waals surface area contributed by atoms with E-state index in [9.17, 15) is 14.9 Å². The third-order valence-electron chi connectivity index (χ3n) is 4.09. The van der Waals surface area contributed by atoms with Crippen LogP contribution >= 0.6 is 0 Å². The second-order valence-electron chi connectivity index (χ2n) is 5.20. The standard InChI is InChI=1S/C13H19N3O2/c1-11(17)15-6-8-16(9-7-15)12(18)13(10-14)4-2-3-5-13/h2-9H2,1H3. The Kier molecular flexibility index (Phi) is 3.55. The van der Waals surface area contributed by atoms with Crippen molar-refractivity contribution in [3.05, 3.63) is 0 Å². The van der Waals surface area contributed by atoms with E-state index in [0.29, 0.717) is 39.0 Å². The van der Waals surface area contributed by atoms with Gasteiger partial charge in [-0.2, -0.15) is 5.26 Å². The van der Waals surface area contributed by atoms with E-state index in [4.69, 9.17) is 0 Å². The first kappa shape index (κ1) is 12.9. The molecule has 1 saturated heterocycles. The maximum absolute atomic E-state index is 12.4. The Hall–Kier alpha value is -1.57. The number of amides is 2. The van der Waals surface area contributed by atoms with Gasteiger partial charge < -0.3 is 9.80 Å². The maximum atomic E-state index is 12.4. The Morgan fingerprint density at radius 1 is 1.06 bits per heavy atom. The maximum Gasteiger partial charge on any atom is 0.243 e. The quantitative estimate of drug-likeness (QED) is 0.689. The molecule has 0 N–H and O–H groups in total. The van der Waals surface area contributed by atoms with Crippen LogP contribution in [0.25, 0.3) is 0 Å². The molecule has 1 heterocycles. The highest BCUT2D eigenvalue weighted by molar-refractivity contribution is 5.86. The van der Waals surface area contributed by atoms with Gasteiger partial charge in [-0.25, -0.2) is 0 Å². The van der Waals surface area contributed by atoms with Gasteiger partial charge in [-0.1, -0.05) is 12.8 Å². The molecule has 2 rings (SSSR count). The SMILES string of the molecule is CC(=O)N1CCN(C(=O)C2(C#N)CCCC2)CC1. The minimum Gasteiger partial charge on any atom is -0.339 e. The van der Waals surface area contributed by atoms with Crippen LogP contribution < -0.4 is 0 Å². The third kappa shape index (κ3) is 2.20. The van der Waals surface area contributed by atoms with Gasteiger partial charge >= 0.3 is 0 Å². The predicted octanol–water partition coefficient (Wildman–Crippen LogP) is 0.761. The van der Waals surface area contributed by atoms with Gasteiger partial charge in [0.25, 0.3) is 0 Å². The van der Waals surface area contributed by atoms with Gasteiger partial charge in [0.15, 0.2) is 0 Å². The van der Waals surface area contributed by atoms with Crippen LogP contribution in [-0.2, 0) is 9.59 Å². The molecule has 0 aromatic carbocycles. The molecule has 2 amide bonds. The van der Waals surface area contributed by atoms with E-state index < -0.39 is 5.41 Å². The van der Waals surface area contributed by atoms with E-state index in [-0.39, 0.29) is 11.8 Å². The predicted molar refractivity (Wildman–Crippen MR) is 65.3 cm³/mol. The molecule has 0 aromatic rings. The van der Waals surface area contributed by atoms with Gasteiger partial charge in [-0.3, -0.25) is 9.59 Å². The van der Waals surface area contributed by atoms with E-state index in [1.165, 1.54) is 0 Å². The molecule has 1 aliphatic carbocycles. The molecule has 2 fully saturated rings. The lowest BCUT2D eigenvalue weighted by atomic mass is 9.86. The third-order valence-corrected chi connectivity index (χ3v) is 4.09. The lowest BCUT2D eigenvalue weighted by Gasteiger charge is -2.37. The summed E-state index contributed by atoms with van der Waals surface area (Å²) in [5.41, 5.74) is -0.779. The van der Waals surface area contributed by atoms with Gasteiger partial charge in [-0.05, 0) is 12.8 Å². The lowest BCUT2D eigenvalue weighted by Crippen LogP contribution is -2.53. The summed E-state index contributed by atoms with van der Waals surface area (Å²) in [4.78, 5) is 27.2. The van der Waals surface area contributed by atoms with Crippen molar-refractivity contribution in [2.24, 2.45) is 5.41 Å². The molecule has 98 valence electrons. The second kappa shape index (κ2) is 4.97. The van der Waals surface area contributed by atoms with E-state index >= 15 is 0 Å². The monoisotopic (exact) mass is 249 g/mol. The Morgan fingerprint density at radius 2 is 1.56 bits per heavy atom. The zero-order valence-electron chi connectivity index (χ0n) is 10.8. The zero-order valence-corrected chi connectivity index (χ0v) is 10.8. The molecule has 0 atom stereocenters. The lowest BCUT2D eigenvalue weighted by molar-refractivity contribution is -0.143. The first-order chi connectivity index (χ1) is 8.59. The minimum atomic E-state index is -0.779. The number of carbonyl (C=O) groups excluding carboxylic acids is 2. The fourth-order valence-corrected chi connectivity index (χ4v) is 2.88. The summed E-state index contributed by atoms with van der Waals surface area (Å²) >= 11 is 0. The Labute approximate surface area is 107 Å².